The van der Waals surface area contributed by atoms with E-state index in [0.29, 0.717) is 11.1 Å². The normalized spacial score (nSPS) is 32.7. The van der Waals surface area contributed by atoms with E-state index in [9.17, 15) is 19.8 Å². The Hall–Kier alpha value is -2.81. The standard InChI is InChI=1S/C21H20FNO6/c1-23-11-15(22)16(12-7-3-2-4-8-12)13-9-5-6-10-14(13)21(23)28-19(26)17(24)18(25)20(27)29-21/h2-10,15-18,24-25H,11H2,1H3. The summed E-state index contributed by atoms with van der Waals surface area (Å²) in [5.41, 5.74) is 1.44. The minimum Gasteiger partial charge on any atom is -0.402 e. The monoisotopic (exact) mass is 401 g/mol. The minimum absolute atomic E-state index is 0.235. The van der Waals surface area contributed by atoms with E-state index in [4.69, 9.17) is 9.47 Å². The Morgan fingerprint density at radius 1 is 0.966 bits per heavy atom. The molecule has 2 aliphatic heterocycles. The molecular formula is C21H20FNO6. The van der Waals surface area contributed by atoms with Crippen LogP contribution >= 0.6 is 0 Å². The first-order chi connectivity index (χ1) is 13.8. The van der Waals surface area contributed by atoms with Gasteiger partial charge in [-0.1, -0.05) is 48.5 Å². The molecule has 29 heavy (non-hydrogen) atoms. The van der Waals surface area contributed by atoms with Gasteiger partial charge in [0.2, 0.25) is 0 Å². The number of esters is 2. The topological polar surface area (TPSA) is 96.3 Å². The fraction of sp³-hybridized carbons (Fsp3) is 0.333. The molecule has 2 heterocycles. The zero-order valence-electron chi connectivity index (χ0n) is 15.6. The minimum atomic E-state index is -2.11. The Balaban J connectivity index is 1.93. The number of ether oxygens (including phenoxy) is 2. The number of fused-ring (bicyclic) bond motifs is 2. The molecule has 4 rings (SSSR count). The number of halogens is 1. The van der Waals surface area contributed by atoms with Crippen LogP contribution in [0.15, 0.2) is 54.6 Å². The number of carbonyl (C=O) groups is 2. The van der Waals surface area contributed by atoms with Crippen LogP contribution in [0.4, 0.5) is 4.39 Å². The van der Waals surface area contributed by atoms with E-state index in [-0.39, 0.29) is 12.1 Å². The molecule has 0 aromatic heterocycles. The zero-order chi connectivity index (χ0) is 20.8. The third kappa shape index (κ3) is 3.09. The second kappa shape index (κ2) is 7.22. The molecule has 2 aromatic carbocycles. The van der Waals surface area contributed by atoms with Crippen molar-refractivity contribution in [2.45, 2.75) is 30.2 Å². The molecule has 4 atom stereocenters. The Morgan fingerprint density at radius 3 is 2.14 bits per heavy atom. The van der Waals surface area contributed by atoms with Gasteiger partial charge in [0.15, 0.2) is 12.2 Å². The lowest BCUT2D eigenvalue weighted by Gasteiger charge is -2.37. The van der Waals surface area contributed by atoms with Crippen LogP contribution in [-0.2, 0) is 25.0 Å². The predicted octanol–water partition coefficient (Wildman–Crippen LogP) is 1.03. The third-order valence-electron chi connectivity index (χ3n) is 5.37. The SMILES string of the molecule is CN1CC(F)C(c2ccccc2)c2ccccc2C12OC(=O)C(O)C(O)C(=O)O2. The van der Waals surface area contributed by atoms with Crippen molar-refractivity contribution in [3.05, 3.63) is 71.3 Å². The summed E-state index contributed by atoms with van der Waals surface area (Å²) in [4.78, 5) is 26.0. The van der Waals surface area contributed by atoms with Gasteiger partial charge in [0, 0.05) is 12.5 Å². The molecule has 2 aromatic rings. The number of benzene rings is 2. The van der Waals surface area contributed by atoms with E-state index >= 15 is 4.39 Å². The summed E-state index contributed by atoms with van der Waals surface area (Å²) in [5, 5.41) is 19.8. The van der Waals surface area contributed by atoms with Crippen molar-refractivity contribution in [2.24, 2.45) is 0 Å². The van der Waals surface area contributed by atoms with E-state index in [1.807, 2.05) is 6.07 Å². The Bertz CT molecular complexity index is 914. The largest absolute Gasteiger partial charge is 0.402 e. The van der Waals surface area contributed by atoms with E-state index in [0.717, 1.165) is 0 Å². The molecule has 0 radical (unpaired) electrons. The molecule has 4 unspecified atom stereocenters. The average Bonchev–Trinajstić information content (AvgIpc) is 2.86. The first-order valence-corrected chi connectivity index (χ1v) is 9.16. The summed E-state index contributed by atoms with van der Waals surface area (Å²) in [6.07, 6.45) is -5.62. The number of alkyl halides is 1. The van der Waals surface area contributed by atoms with Gasteiger partial charge in [-0.15, -0.1) is 0 Å². The second-order valence-electron chi connectivity index (χ2n) is 7.19. The van der Waals surface area contributed by atoms with Crippen molar-refractivity contribution in [3.63, 3.8) is 0 Å². The number of nitrogens with zero attached hydrogens (tertiary/aromatic N) is 1. The van der Waals surface area contributed by atoms with Gasteiger partial charge in [-0.3, -0.25) is 0 Å². The van der Waals surface area contributed by atoms with Gasteiger partial charge in [0.1, 0.15) is 6.17 Å². The summed E-state index contributed by atoms with van der Waals surface area (Å²) < 4.78 is 26.3. The molecule has 0 amide bonds. The first kappa shape index (κ1) is 19.5. The maximum absolute atomic E-state index is 15.5. The van der Waals surface area contributed by atoms with Gasteiger partial charge in [-0.05, 0) is 24.2 Å². The van der Waals surface area contributed by atoms with Gasteiger partial charge in [-0.25, -0.2) is 18.9 Å². The van der Waals surface area contributed by atoms with Crippen LogP contribution in [0.3, 0.4) is 0 Å². The average molecular weight is 401 g/mol. The second-order valence-corrected chi connectivity index (χ2v) is 7.19. The molecule has 0 saturated carbocycles. The van der Waals surface area contributed by atoms with Crippen LogP contribution in [0.1, 0.15) is 22.6 Å². The van der Waals surface area contributed by atoms with Crippen LogP contribution in [0, 0.1) is 0 Å². The quantitative estimate of drug-likeness (QED) is 0.689. The highest BCUT2D eigenvalue weighted by Crippen LogP contribution is 2.44. The Labute approximate surface area is 166 Å². The van der Waals surface area contributed by atoms with Gasteiger partial charge in [-0.2, -0.15) is 0 Å². The molecule has 8 heteroatoms. The molecule has 2 aliphatic rings. The lowest BCUT2D eigenvalue weighted by molar-refractivity contribution is -0.290. The van der Waals surface area contributed by atoms with Crippen molar-refractivity contribution in [2.75, 3.05) is 13.6 Å². The fourth-order valence-electron chi connectivity index (χ4n) is 3.93. The first-order valence-electron chi connectivity index (χ1n) is 9.16. The summed E-state index contributed by atoms with van der Waals surface area (Å²) in [6.45, 7) is -0.235. The number of hydrogen-bond donors (Lipinski definition) is 2. The van der Waals surface area contributed by atoms with E-state index in [2.05, 4.69) is 0 Å². The van der Waals surface area contributed by atoms with Crippen molar-refractivity contribution in [1.82, 2.24) is 4.90 Å². The van der Waals surface area contributed by atoms with Crippen LogP contribution in [0.5, 0.6) is 0 Å². The highest BCUT2D eigenvalue weighted by atomic mass is 19.1. The predicted molar refractivity (Wildman–Crippen MR) is 98.1 cm³/mol. The summed E-state index contributed by atoms with van der Waals surface area (Å²) >= 11 is 0. The lowest BCUT2D eigenvalue weighted by Crippen LogP contribution is -2.51. The molecule has 2 N–H and O–H groups in total. The van der Waals surface area contributed by atoms with Crippen LogP contribution in [-0.4, -0.2) is 59.0 Å². The van der Waals surface area contributed by atoms with Crippen LogP contribution in [0.2, 0.25) is 0 Å². The van der Waals surface area contributed by atoms with Crippen molar-refractivity contribution < 1.29 is 33.7 Å². The van der Waals surface area contributed by atoms with Gasteiger partial charge < -0.3 is 19.7 Å². The number of aliphatic hydroxyl groups excluding tert-OH is 2. The summed E-state index contributed by atoms with van der Waals surface area (Å²) in [5.74, 6) is -5.29. The van der Waals surface area contributed by atoms with Gasteiger partial charge in [0.05, 0.1) is 5.56 Å². The maximum atomic E-state index is 15.5. The Kier molecular flexibility index (Phi) is 4.85. The van der Waals surface area contributed by atoms with Crippen molar-refractivity contribution in [1.29, 1.82) is 0 Å². The van der Waals surface area contributed by atoms with E-state index < -0.39 is 42.1 Å². The highest BCUT2D eigenvalue weighted by Gasteiger charge is 2.56. The summed E-state index contributed by atoms with van der Waals surface area (Å²) in [7, 11) is 1.45. The van der Waals surface area contributed by atoms with E-state index in [1.165, 1.54) is 11.9 Å². The van der Waals surface area contributed by atoms with Crippen LogP contribution < -0.4 is 0 Å². The smallest absolute Gasteiger partial charge is 0.349 e. The highest BCUT2D eigenvalue weighted by molar-refractivity contribution is 5.87. The van der Waals surface area contributed by atoms with Crippen LogP contribution in [0.25, 0.3) is 0 Å². The molecule has 1 fully saturated rings. The lowest BCUT2D eigenvalue weighted by atomic mass is 9.85. The molecule has 0 bridgehead atoms. The van der Waals surface area contributed by atoms with E-state index in [1.54, 1.807) is 48.5 Å². The zero-order valence-corrected chi connectivity index (χ0v) is 15.6. The third-order valence-corrected chi connectivity index (χ3v) is 5.37. The molecule has 7 nitrogen and oxygen atoms in total. The van der Waals surface area contributed by atoms with Gasteiger partial charge in [0.25, 0.3) is 0 Å². The fourth-order valence-corrected chi connectivity index (χ4v) is 3.93. The number of hydrogen-bond acceptors (Lipinski definition) is 7. The van der Waals surface area contributed by atoms with Crippen molar-refractivity contribution >= 4 is 11.9 Å². The maximum Gasteiger partial charge on any atom is 0.349 e. The molecule has 1 spiro atoms. The van der Waals surface area contributed by atoms with Crippen molar-refractivity contribution in [3.8, 4) is 0 Å². The molecule has 152 valence electrons. The molecule has 0 aliphatic carbocycles. The molecular weight excluding hydrogens is 381 g/mol. The number of rotatable bonds is 1. The number of aliphatic hydroxyl groups is 2. The van der Waals surface area contributed by atoms with Gasteiger partial charge >= 0.3 is 17.8 Å². The summed E-state index contributed by atoms with van der Waals surface area (Å²) in [6, 6.07) is 15.6. The Morgan fingerprint density at radius 2 is 1.52 bits per heavy atom. The number of carbonyl (C=O) groups excluding carboxylic acids is 2. The molecule has 1 saturated heterocycles.